The lowest BCUT2D eigenvalue weighted by atomic mass is 10.0. The molecule has 1 amide bonds. The van der Waals surface area contributed by atoms with Crippen LogP contribution in [-0.4, -0.2) is 27.3 Å². The smallest absolute Gasteiger partial charge is 0.255 e. The summed E-state index contributed by atoms with van der Waals surface area (Å²) in [6.45, 7) is 2.66. The Kier molecular flexibility index (Phi) is 3.84. The first kappa shape index (κ1) is 15.6. The fourth-order valence-electron chi connectivity index (χ4n) is 3.59. The van der Waals surface area contributed by atoms with Crippen molar-refractivity contribution in [2.75, 3.05) is 6.54 Å². The number of likely N-dealkylation sites (tertiary alicyclic amines) is 1. The van der Waals surface area contributed by atoms with Crippen molar-refractivity contribution in [2.24, 2.45) is 0 Å². The maximum atomic E-state index is 13.3. The summed E-state index contributed by atoms with van der Waals surface area (Å²) in [6, 6.07) is 12.9. The molecule has 25 heavy (non-hydrogen) atoms. The number of aromatic amines is 1. The largest absolute Gasteiger partial charge is 0.330 e. The number of rotatable bonds is 2. The van der Waals surface area contributed by atoms with Crippen molar-refractivity contribution in [3.63, 3.8) is 0 Å². The number of hydrogen-bond acceptors (Lipinski definition) is 3. The molecule has 4 rings (SSSR count). The molecule has 0 aliphatic carbocycles. The second kappa shape index (κ2) is 6.16. The molecule has 5 heteroatoms. The Labute approximate surface area is 145 Å². The van der Waals surface area contributed by atoms with Crippen LogP contribution in [0.3, 0.4) is 0 Å². The van der Waals surface area contributed by atoms with Crippen molar-refractivity contribution in [2.45, 2.75) is 25.8 Å². The molecule has 0 spiro atoms. The van der Waals surface area contributed by atoms with Crippen LogP contribution in [0.15, 0.2) is 53.5 Å². The number of carbonyl (C=O) groups excluding carboxylic acids is 1. The SMILES string of the molecule is Cc1ccc2[nH]c(=O)cc(C(=O)N3CCCC3c3ccccn3)c2c1. The highest BCUT2D eigenvalue weighted by molar-refractivity contribution is 6.06. The van der Waals surface area contributed by atoms with E-state index in [1.807, 2.05) is 48.2 Å². The Bertz CT molecular complexity index is 995. The van der Waals surface area contributed by atoms with Gasteiger partial charge in [-0.05, 0) is 44.0 Å². The minimum absolute atomic E-state index is 0.0344. The number of carbonyl (C=O) groups is 1. The van der Waals surface area contributed by atoms with Gasteiger partial charge in [-0.3, -0.25) is 14.6 Å². The van der Waals surface area contributed by atoms with E-state index in [0.29, 0.717) is 17.6 Å². The lowest BCUT2D eigenvalue weighted by Crippen LogP contribution is -2.32. The van der Waals surface area contributed by atoms with E-state index in [9.17, 15) is 9.59 Å². The molecule has 1 unspecified atom stereocenters. The third-order valence-electron chi connectivity index (χ3n) is 4.77. The Hall–Kier alpha value is -2.95. The number of nitrogens with one attached hydrogen (secondary N) is 1. The molecular weight excluding hydrogens is 314 g/mol. The summed E-state index contributed by atoms with van der Waals surface area (Å²) >= 11 is 0. The van der Waals surface area contributed by atoms with Gasteiger partial charge in [0.05, 0.1) is 17.3 Å². The van der Waals surface area contributed by atoms with Crippen LogP contribution in [0.4, 0.5) is 0 Å². The van der Waals surface area contributed by atoms with Gasteiger partial charge in [0.15, 0.2) is 0 Å². The van der Waals surface area contributed by atoms with Crippen molar-refractivity contribution in [1.29, 1.82) is 0 Å². The summed E-state index contributed by atoms with van der Waals surface area (Å²) in [5, 5.41) is 0.788. The van der Waals surface area contributed by atoms with Crippen molar-refractivity contribution < 1.29 is 4.79 Å². The lowest BCUT2D eigenvalue weighted by molar-refractivity contribution is 0.0734. The number of benzene rings is 1. The van der Waals surface area contributed by atoms with Crippen LogP contribution in [0.1, 0.15) is 40.5 Å². The van der Waals surface area contributed by atoms with E-state index in [0.717, 1.165) is 29.5 Å². The van der Waals surface area contributed by atoms with Gasteiger partial charge in [-0.1, -0.05) is 17.7 Å². The minimum Gasteiger partial charge on any atom is -0.330 e. The molecule has 1 aliphatic heterocycles. The van der Waals surface area contributed by atoms with Gasteiger partial charge < -0.3 is 9.88 Å². The van der Waals surface area contributed by atoms with E-state index >= 15 is 0 Å². The minimum atomic E-state index is -0.256. The standard InChI is InChI=1S/C20H19N3O2/c1-13-7-8-16-14(11-13)15(12-19(24)22-16)20(25)23-10-4-6-18(23)17-5-2-3-9-21-17/h2-3,5,7-9,11-12,18H,4,6,10H2,1H3,(H,22,24). The summed E-state index contributed by atoms with van der Waals surface area (Å²) < 4.78 is 0. The van der Waals surface area contributed by atoms with Crippen LogP contribution in [0.2, 0.25) is 0 Å². The van der Waals surface area contributed by atoms with Crippen molar-refractivity contribution in [1.82, 2.24) is 14.9 Å². The molecule has 0 bridgehead atoms. The average molecular weight is 333 g/mol. The molecule has 1 fully saturated rings. The van der Waals surface area contributed by atoms with Crippen molar-refractivity contribution >= 4 is 16.8 Å². The number of pyridine rings is 2. The van der Waals surface area contributed by atoms with Crippen LogP contribution in [0.5, 0.6) is 0 Å². The zero-order valence-electron chi connectivity index (χ0n) is 14.0. The highest BCUT2D eigenvalue weighted by atomic mass is 16.2. The molecule has 3 heterocycles. The highest BCUT2D eigenvalue weighted by Crippen LogP contribution is 2.32. The Balaban J connectivity index is 1.79. The predicted octanol–water partition coefficient (Wildman–Crippen LogP) is 3.21. The van der Waals surface area contributed by atoms with Crippen LogP contribution in [-0.2, 0) is 0 Å². The lowest BCUT2D eigenvalue weighted by Gasteiger charge is -2.25. The Morgan fingerprint density at radius 1 is 1.24 bits per heavy atom. The Morgan fingerprint density at radius 2 is 2.12 bits per heavy atom. The van der Waals surface area contributed by atoms with Gasteiger partial charge in [-0.25, -0.2) is 0 Å². The summed E-state index contributed by atoms with van der Waals surface area (Å²) in [4.78, 5) is 34.3. The van der Waals surface area contributed by atoms with E-state index < -0.39 is 0 Å². The van der Waals surface area contributed by atoms with Gasteiger partial charge in [0.2, 0.25) is 5.56 Å². The molecule has 1 atom stereocenters. The maximum absolute atomic E-state index is 13.3. The maximum Gasteiger partial charge on any atom is 0.255 e. The van der Waals surface area contributed by atoms with Crippen LogP contribution >= 0.6 is 0 Å². The van der Waals surface area contributed by atoms with E-state index in [-0.39, 0.29) is 17.5 Å². The fourth-order valence-corrected chi connectivity index (χ4v) is 3.59. The molecule has 1 N–H and O–H groups in total. The van der Waals surface area contributed by atoms with Crippen LogP contribution in [0, 0.1) is 6.92 Å². The zero-order chi connectivity index (χ0) is 17.4. The van der Waals surface area contributed by atoms with E-state index in [1.165, 1.54) is 6.07 Å². The molecule has 2 aromatic heterocycles. The molecule has 5 nitrogen and oxygen atoms in total. The number of aryl methyl sites for hydroxylation is 1. The molecule has 126 valence electrons. The third-order valence-corrected chi connectivity index (χ3v) is 4.77. The normalized spacial score (nSPS) is 17.2. The number of H-pyrrole nitrogens is 1. The van der Waals surface area contributed by atoms with Gasteiger partial charge in [-0.15, -0.1) is 0 Å². The Morgan fingerprint density at radius 3 is 2.92 bits per heavy atom. The number of nitrogens with zero attached hydrogens (tertiary/aromatic N) is 2. The summed E-state index contributed by atoms with van der Waals surface area (Å²) in [5.41, 5.74) is 2.85. The first-order chi connectivity index (χ1) is 12.1. The molecule has 0 saturated carbocycles. The van der Waals surface area contributed by atoms with E-state index in [2.05, 4.69) is 9.97 Å². The first-order valence-corrected chi connectivity index (χ1v) is 8.49. The molecule has 0 radical (unpaired) electrons. The summed E-state index contributed by atoms with van der Waals surface area (Å²) in [5.74, 6) is -0.102. The van der Waals surface area contributed by atoms with E-state index in [1.54, 1.807) is 6.20 Å². The topological polar surface area (TPSA) is 66.1 Å². The number of fused-ring (bicyclic) bond motifs is 1. The van der Waals surface area contributed by atoms with Gasteiger partial charge >= 0.3 is 0 Å². The summed E-state index contributed by atoms with van der Waals surface area (Å²) in [7, 11) is 0. The third kappa shape index (κ3) is 2.82. The second-order valence-corrected chi connectivity index (χ2v) is 6.51. The fraction of sp³-hybridized carbons (Fsp3) is 0.250. The average Bonchev–Trinajstić information content (AvgIpc) is 3.11. The van der Waals surface area contributed by atoms with Crippen molar-refractivity contribution in [3.05, 3.63) is 75.8 Å². The van der Waals surface area contributed by atoms with Crippen molar-refractivity contribution in [3.8, 4) is 0 Å². The number of aromatic nitrogens is 2. The summed E-state index contributed by atoms with van der Waals surface area (Å²) in [6.07, 6.45) is 3.58. The number of amides is 1. The monoisotopic (exact) mass is 333 g/mol. The molecule has 1 aromatic carbocycles. The van der Waals surface area contributed by atoms with Gasteiger partial charge in [0.25, 0.3) is 5.91 Å². The van der Waals surface area contributed by atoms with Gasteiger partial charge in [0.1, 0.15) is 0 Å². The second-order valence-electron chi connectivity index (χ2n) is 6.51. The predicted molar refractivity (Wildman–Crippen MR) is 96.6 cm³/mol. The first-order valence-electron chi connectivity index (χ1n) is 8.49. The van der Waals surface area contributed by atoms with Crippen LogP contribution in [0.25, 0.3) is 10.9 Å². The zero-order valence-corrected chi connectivity index (χ0v) is 14.0. The molecule has 1 aliphatic rings. The molecular formula is C20H19N3O2. The van der Waals surface area contributed by atoms with Crippen LogP contribution < -0.4 is 5.56 Å². The van der Waals surface area contributed by atoms with E-state index in [4.69, 9.17) is 0 Å². The van der Waals surface area contributed by atoms with Gasteiger partial charge in [-0.2, -0.15) is 0 Å². The highest BCUT2D eigenvalue weighted by Gasteiger charge is 2.32. The molecule has 3 aromatic rings. The quantitative estimate of drug-likeness (QED) is 0.783. The van der Waals surface area contributed by atoms with Gasteiger partial charge in [0, 0.05) is 29.7 Å². The molecule has 1 saturated heterocycles. The number of hydrogen-bond donors (Lipinski definition) is 1.